The Kier molecular flexibility index (Phi) is 6.45. The fraction of sp³-hybridized carbons (Fsp3) is 0.333. The predicted octanol–water partition coefficient (Wildman–Crippen LogP) is 3.62. The normalized spacial score (nSPS) is 11.8. The zero-order valence-electron chi connectivity index (χ0n) is 16.4. The lowest BCUT2D eigenvalue weighted by molar-refractivity contribution is -0.123. The summed E-state index contributed by atoms with van der Waals surface area (Å²) in [5.41, 5.74) is 4.61. The van der Waals surface area contributed by atoms with Gasteiger partial charge in [-0.15, -0.1) is 0 Å². The highest BCUT2D eigenvalue weighted by molar-refractivity contribution is 6.01. The third-order valence-corrected chi connectivity index (χ3v) is 4.03. The number of aromatic hydroxyl groups is 1. The van der Waals surface area contributed by atoms with Crippen LogP contribution in [0.5, 0.6) is 17.2 Å². The van der Waals surface area contributed by atoms with Crippen LogP contribution >= 0.6 is 0 Å². The van der Waals surface area contributed by atoms with Gasteiger partial charge in [0, 0.05) is 5.56 Å². The summed E-state index contributed by atoms with van der Waals surface area (Å²) in [4.78, 5) is 12.0. The minimum absolute atomic E-state index is 0.0569. The molecular weight excluding hydrogens is 344 g/mol. The molecule has 0 aromatic heterocycles. The van der Waals surface area contributed by atoms with Gasteiger partial charge in [-0.2, -0.15) is 5.10 Å². The molecule has 2 rings (SSSR count). The molecule has 0 saturated heterocycles. The topological polar surface area (TPSA) is 80.2 Å². The second-order valence-electron chi connectivity index (χ2n) is 7.18. The van der Waals surface area contributed by atoms with Gasteiger partial charge >= 0.3 is 0 Å². The van der Waals surface area contributed by atoms with E-state index in [0.29, 0.717) is 22.8 Å². The maximum atomic E-state index is 12.0. The number of nitrogens with one attached hydrogen (secondary N) is 1. The summed E-state index contributed by atoms with van der Waals surface area (Å²) in [5.74, 6) is 0.869. The number of hydrogen-bond donors (Lipinski definition) is 2. The molecule has 0 atom stereocenters. The Morgan fingerprint density at radius 3 is 2.33 bits per heavy atom. The molecule has 27 heavy (non-hydrogen) atoms. The molecule has 0 fully saturated rings. The summed E-state index contributed by atoms with van der Waals surface area (Å²) in [7, 11) is 1.54. The van der Waals surface area contributed by atoms with Crippen LogP contribution in [0.1, 0.15) is 38.8 Å². The van der Waals surface area contributed by atoms with Gasteiger partial charge in [-0.25, -0.2) is 5.43 Å². The predicted molar refractivity (Wildman–Crippen MR) is 106 cm³/mol. The number of hydrazone groups is 1. The summed E-state index contributed by atoms with van der Waals surface area (Å²) < 4.78 is 10.6. The van der Waals surface area contributed by atoms with Crippen molar-refractivity contribution in [2.24, 2.45) is 5.10 Å². The van der Waals surface area contributed by atoms with Crippen molar-refractivity contribution in [3.63, 3.8) is 0 Å². The van der Waals surface area contributed by atoms with E-state index in [0.717, 1.165) is 0 Å². The number of rotatable bonds is 6. The van der Waals surface area contributed by atoms with E-state index in [9.17, 15) is 9.90 Å². The molecule has 2 aromatic carbocycles. The first-order chi connectivity index (χ1) is 12.7. The SMILES string of the molecule is COc1ccc(O)c(/C(C)=N/NC(=O)COc2ccc(C(C)(C)C)cc2)c1. The first kappa shape index (κ1) is 20.3. The molecule has 0 radical (unpaired) electrons. The number of amides is 1. The number of benzene rings is 2. The highest BCUT2D eigenvalue weighted by atomic mass is 16.5. The minimum atomic E-state index is -0.392. The van der Waals surface area contributed by atoms with Crippen LogP contribution in [0.2, 0.25) is 0 Å². The van der Waals surface area contributed by atoms with Gasteiger partial charge in [0.1, 0.15) is 17.2 Å². The Balaban J connectivity index is 1.93. The Bertz CT molecular complexity index is 821. The van der Waals surface area contributed by atoms with E-state index >= 15 is 0 Å². The third-order valence-electron chi connectivity index (χ3n) is 4.03. The van der Waals surface area contributed by atoms with Crippen LogP contribution in [0, 0.1) is 0 Å². The van der Waals surface area contributed by atoms with Crippen molar-refractivity contribution in [3.8, 4) is 17.2 Å². The Labute approximate surface area is 159 Å². The molecule has 0 unspecified atom stereocenters. The van der Waals surface area contributed by atoms with Gasteiger partial charge in [-0.3, -0.25) is 4.79 Å². The highest BCUT2D eigenvalue weighted by Gasteiger charge is 2.13. The van der Waals surface area contributed by atoms with Gasteiger partial charge in [-0.1, -0.05) is 32.9 Å². The number of hydrogen-bond acceptors (Lipinski definition) is 5. The summed E-state index contributed by atoms with van der Waals surface area (Å²) in [5, 5.41) is 13.9. The molecular formula is C21H26N2O4. The van der Waals surface area contributed by atoms with Crippen molar-refractivity contribution >= 4 is 11.6 Å². The number of methoxy groups -OCH3 is 1. The number of carbonyl (C=O) groups excluding carboxylic acids is 1. The fourth-order valence-corrected chi connectivity index (χ4v) is 2.37. The van der Waals surface area contributed by atoms with E-state index in [1.54, 1.807) is 19.1 Å². The maximum Gasteiger partial charge on any atom is 0.277 e. The molecule has 0 bridgehead atoms. The summed E-state index contributed by atoms with van der Waals surface area (Å²) in [6.07, 6.45) is 0. The number of nitrogens with zero attached hydrogens (tertiary/aromatic N) is 1. The quantitative estimate of drug-likeness (QED) is 0.601. The van der Waals surface area contributed by atoms with Gasteiger partial charge in [-0.05, 0) is 48.2 Å². The number of carbonyl (C=O) groups is 1. The molecule has 2 N–H and O–H groups in total. The largest absolute Gasteiger partial charge is 0.507 e. The van der Waals surface area contributed by atoms with Crippen LogP contribution in [0.25, 0.3) is 0 Å². The van der Waals surface area contributed by atoms with Crippen molar-refractivity contribution in [3.05, 3.63) is 53.6 Å². The van der Waals surface area contributed by atoms with Gasteiger partial charge in [0.25, 0.3) is 5.91 Å². The van der Waals surface area contributed by atoms with Gasteiger partial charge in [0.15, 0.2) is 6.61 Å². The van der Waals surface area contributed by atoms with Crippen LogP contribution in [-0.4, -0.2) is 30.4 Å². The molecule has 2 aromatic rings. The summed E-state index contributed by atoms with van der Waals surface area (Å²) in [6.45, 7) is 7.93. The van der Waals surface area contributed by atoms with E-state index in [-0.39, 0.29) is 17.8 Å². The lowest BCUT2D eigenvalue weighted by atomic mass is 9.87. The molecule has 6 heteroatoms. The lowest BCUT2D eigenvalue weighted by Gasteiger charge is -2.19. The molecule has 1 amide bonds. The molecule has 0 saturated carbocycles. The Hall–Kier alpha value is -3.02. The molecule has 0 aliphatic carbocycles. The zero-order chi connectivity index (χ0) is 20.0. The third kappa shape index (κ3) is 5.74. The van der Waals surface area contributed by atoms with E-state index in [2.05, 4.69) is 31.3 Å². The monoisotopic (exact) mass is 370 g/mol. The van der Waals surface area contributed by atoms with E-state index in [1.165, 1.54) is 18.7 Å². The first-order valence-corrected chi connectivity index (χ1v) is 8.64. The number of phenolic OH excluding ortho intramolecular Hbond substituents is 1. The van der Waals surface area contributed by atoms with Crippen LogP contribution < -0.4 is 14.9 Å². The van der Waals surface area contributed by atoms with Gasteiger partial charge in [0.05, 0.1) is 12.8 Å². The average Bonchev–Trinajstić information content (AvgIpc) is 2.64. The van der Waals surface area contributed by atoms with Crippen molar-refractivity contribution in [2.75, 3.05) is 13.7 Å². The molecule has 6 nitrogen and oxygen atoms in total. The van der Waals surface area contributed by atoms with E-state index in [4.69, 9.17) is 9.47 Å². The Morgan fingerprint density at radius 2 is 1.74 bits per heavy atom. The second-order valence-corrected chi connectivity index (χ2v) is 7.18. The van der Waals surface area contributed by atoms with E-state index in [1.807, 2.05) is 24.3 Å². The van der Waals surface area contributed by atoms with Crippen molar-refractivity contribution in [1.82, 2.24) is 5.43 Å². The van der Waals surface area contributed by atoms with Crippen LogP contribution in [0.15, 0.2) is 47.6 Å². The average molecular weight is 370 g/mol. The fourth-order valence-electron chi connectivity index (χ4n) is 2.37. The number of phenols is 1. The van der Waals surface area contributed by atoms with Crippen LogP contribution in [0.3, 0.4) is 0 Å². The minimum Gasteiger partial charge on any atom is -0.507 e. The molecule has 0 aliphatic rings. The van der Waals surface area contributed by atoms with Gasteiger partial charge < -0.3 is 14.6 Å². The van der Waals surface area contributed by atoms with Crippen molar-refractivity contribution < 1.29 is 19.4 Å². The second kappa shape index (κ2) is 8.58. The zero-order valence-corrected chi connectivity index (χ0v) is 16.4. The molecule has 0 aliphatic heterocycles. The van der Waals surface area contributed by atoms with Crippen LogP contribution in [-0.2, 0) is 10.2 Å². The molecule has 144 valence electrons. The first-order valence-electron chi connectivity index (χ1n) is 8.64. The van der Waals surface area contributed by atoms with Crippen LogP contribution in [0.4, 0.5) is 0 Å². The van der Waals surface area contributed by atoms with E-state index < -0.39 is 5.91 Å². The number of ether oxygens (including phenoxy) is 2. The maximum absolute atomic E-state index is 12.0. The standard InChI is InChI=1S/C21H26N2O4/c1-14(18-12-17(26-5)10-11-19(18)24)22-23-20(25)13-27-16-8-6-15(7-9-16)21(2,3)4/h6-12,24H,13H2,1-5H3,(H,23,25)/b22-14+. The highest BCUT2D eigenvalue weighted by Crippen LogP contribution is 2.24. The molecule has 0 heterocycles. The summed E-state index contributed by atoms with van der Waals surface area (Å²) >= 11 is 0. The smallest absolute Gasteiger partial charge is 0.277 e. The van der Waals surface area contributed by atoms with Gasteiger partial charge in [0.2, 0.25) is 0 Å². The lowest BCUT2D eigenvalue weighted by Crippen LogP contribution is -2.25. The Morgan fingerprint density at radius 1 is 1.11 bits per heavy atom. The van der Waals surface area contributed by atoms with Crippen molar-refractivity contribution in [2.45, 2.75) is 33.1 Å². The molecule has 0 spiro atoms. The summed E-state index contributed by atoms with van der Waals surface area (Å²) in [6, 6.07) is 12.5. The van der Waals surface area contributed by atoms with Crippen molar-refractivity contribution in [1.29, 1.82) is 0 Å².